The molecule has 0 amide bonds. The average Bonchev–Trinajstić information content (AvgIpc) is 2.22. The Balaban J connectivity index is 2.31. The monoisotopic (exact) mass is 225 g/mol. The second-order valence-corrected chi connectivity index (χ2v) is 3.77. The molecule has 1 aromatic carbocycles. The summed E-state index contributed by atoms with van der Waals surface area (Å²) >= 11 is 0. The maximum atomic E-state index is 13.3. The Bertz CT molecular complexity index is 366. The van der Waals surface area contributed by atoms with Crippen LogP contribution in [0, 0.1) is 12.7 Å². The first-order valence-electron chi connectivity index (χ1n) is 5.27. The first-order chi connectivity index (χ1) is 7.59. The molecule has 0 fully saturated rings. The molecule has 0 heterocycles. The molecular weight excluding hydrogens is 209 g/mol. The summed E-state index contributed by atoms with van der Waals surface area (Å²) in [5, 5.41) is 11.4. The molecule has 0 bridgehead atoms. The standard InChI is InChI=1S/C12H16FNO2/c1-9-4-5-11(13)10(7-9)8-14-6-2-3-12(15)16/h4-5,7,14H,2-3,6,8H2,1H3,(H,15,16). The Morgan fingerprint density at radius 1 is 1.50 bits per heavy atom. The van der Waals surface area contributed by atoms with Crippen molar-refractivity contribution in [2.24, 2.45) is 0 Å². The van der Waals surface area contributed by atoms with Crippen LogP contribution in [0.2, 0.25) is 0 Å². The number of aliphatic carboxylic acids is 1. The largest absolute Gasteiger partial charge is 0.481 e. The molecule has 0 aromatic heterocycles. The van der Waals surface area contributed by atoms with Gasteiger partial charge in [-0.05, 0) is 26.0 Å². The van der Waals surface area contributed by atoms with Crippen LogP contribution in [0.4, 0.5) is 4.39 Å². The Kier molecular flexibility index (Phi) is 4.92. The number of nitrogens with one attached hydrogen (secondary N) is 1. The summed E-state index contributed by atoms with van der Waals surface area (Å²) in [6.07, 6.45) is 0.700. The highest BCUT2D eigenvalue weighted by atomic mass is 19.1. The van der Waals surface area contributed by atoms with E-state index in [1.807, 2.05) is 6.92 Å². The van der Waals surface area contributed by atoms with Crippen molar-refractivity contribution in [2.45, 2.75) is 26.3 Å². The molecule has 0 atom stereocenters. The highest BCUT2D eigenvalue weighted by Gasteiger charge is 2.01. The normalized spacial score (nSPS) is 10.4. The number of benzene rings is 1. The van der Waals surface area contributed by atoms with E-state index in [0.29, 0.717) is 25.1 Å². The number of carbonyl (C=O) groups is 1. The lowest BCUT2D eigenvalue weighted by Gasteiger charge is -2.06. The van der Waals surface area contributed by atoms with E-state index in [4.69, 9.17) is 5.11 Å². The van der Waals surface area contributed by atoms with E-state index in [1.165, 1.54) is 6.07 Å². The van der Waals surface area contributed by atoms with Crippen LogP contribution in [0.5, 0.6) is 0 Å². The highest BCUT2D eigenvalue weighted by molar-refractivity contribution is 5.66. The summed E-state index contributed by atoms with van der Waals surface area (Å²) in [6.45, 7) is 2.93. The minimum atomic E-state index is -0.802. The zero-order chi connectivity index (χ0) is 12.0. The Labute approximate surface area is 94.3 Å². The quantitative estimate of drug-likeness (QED) is 0.729. The summed E-state index contributed by atoms with van der Waals surface area (Å²) in [6, 6.07) is 4.96. The zero-order valence-corrected chi connectivity index (χ0v) is 9.29. The molecule has 88 valence electrons. The molecule has 0 aliphatic rings. The minimum Gasteiger partial charge on any atom is -0.481 e. The number of carboxylic acid groups (broad SMARTS) is 1. The molecule has 1 rings (SSSR count). The molecule has 0 spiro atoms. The van der Waals surface area contributed by atoms with E-state index in [2.05, 4.69) is 5.32 Å². The van der Waals surface area contributed by atoms with E-state index in [0.717, 1.165) is 5.56 Å². The van der Waals surface area contributed by atoms with Gasteiger partial charge in [-0.15, -0.1) is 0 Å². The third kappa shape index (κ3) is 4.40. The zero-order valence-electron chi connectivity index (χ0n) is 9.29. The molecule has 0 unspecified atom stereocenters. The fourth-order valence-electron chi connectivity index (χ4n) is 1.43. The van der Waals surface area contributed by atoms with E-state index in [-0.39, 0.29) is 12.2 Å². The van der Waals surface area contributed by atoms with Gasteiger partial charge in [-0.2, -0.15) is 0 Å². The van der Waals surface area contributed by atoms with Gasteiger partial charge in [0.15, 0.2) is 0 Å². The molecule has 0 aliphatic heterocycles. The van der Waals surface area contributed by atoms with Gasteiger partial charge >= 0.3 is 5.97 Å². The van der Waals surface area contributed by atoms with Crippen molar-refractivity contribution in [1.29, 1.82) is 0 Å². The second kappa shape index (κ2) is 6.23. The molecule has 4 heteroatoms. The lowest BCUT2D eigenvalue weighted by Crippen LogP contribution is -2.16. The maximum absolute atomic E-state index is 13.3. The first-order valence-corrected chi connectivity index (χ1v) is 5.27. The van der Waals surface area contributed by atoms with Crippen LogP contribution < -0.4 is 5.32 Å². The van der Waals surface area contributed by atoms with E-state index >= 15 is 0 Å². The van der Waals surface area contributed by atoms with Crippen molar-refractivity contribution in [1.82, 2.24) is 5.32 Å². The van der Waals surface area contributed by atoms with Crippen LogP contribution >= 0.6 is 0 Å². The maximum Gasteiger partial charge on any atom is 0.303 e. The third-order valence-electron chi connectivity index (χ3n) is 2.26. The van der Waals surface area contributed by atoms with Gasteiger partial charge in [-0.25, -0.2) is 4.39 Å². The van der Waals surface area contributed by atoms with Crippen molar-refractivity contribution in [3.05, 3.63) is 35.1 Å². The van der Waals surface area contributed by atoms with E-state index in [9.17, 15) is 9.18 Å². The molecule has 2 N–H and O–H groups in total. The SMILES string of the molecule is Cc1ccc(F)c(CNCCCC(=O)O)c1. The van der Waals surface area contributed by atoms with Gasteiger partial charge in [0.1, 0.15) is 5.82 Å². The van der Waals surface area contributed by atoms with Gasteiger partial charge in [0, 0.05) is 18.5 Å². The van der Waals surface area contributed by atoms with Gasteiger partial charge in [0.05, 0.1) is 0 Å². The summed E-state index contributed by atoms with van der Waals surface area (Å²) in [5.74, 6) is -1.03. The van der Waals surface area contributed by atoms with Crippen molar-refractivity contribution < 1.29 is 14.3 Å². The molecule has 3 nitrogen and oxygen atoms in total. The average molecular weight is 225 g/mol. The Morgan fingerprint density at radius 2 is 2.25 bits per heavy atom. The predicted molar refractivity (Wildman–Crippen MR) is 59.7 cm³/mol. The third-order valence-corrected chi connectivity index (χ3v) is 2.26. The fourth-order valence-corrected chi connectivity index (χ4v) is 1.43. The summed E-state index contributed by atoms with van der Waals surface area (Å²) in [4.78, 5) is 10.2. The number of hydrogen-bond donors (Lipinski definition) is 2. The minimum absolute atomic E-state index is 0.142. The van der Waals surface area contributed by atoms with E-state index < -0.39 is 5.97 Å². The van der Waals surface area contributed by atoms with Crippen molar-refractivity contribution >= 4 is 5.97 Å². The fraction of sp³-hybridized carbons (Fsp3) is 0.417. The van der Waals surface area contributed by atoms with Gasteiger partial charge in [0.25, 0.3) is 0 Å². The van der Waals surface area contributed by atoms with Crippen LogP contribution in [0.3, 0.4) is 0 Å². The predicted octanol–water partition coefficient (Wildman–Crippen LogP) is 2.09. The molecule has 0 saturated heterocycles. The highest BCUT2D eigenvalue weighted by Crippen LogP contribution is 2.09. The van der Waals surface area contributed by atoms with Gasteiger partial charge in [0.2, 0.25) is 0 Å². The number of hydrogen-bond acceptors (Lipinski definition) is 2. The molecule has 16 heavy (non-hydrogen) atoms. The van der Waals surface area contributed by atoms with Crippen LogP contribution in [-0.2, 0) is 11.3 Å². The Hall–Kier alpha value is -1.42. The first kappa shape index (κ1) is 12.6. The number of aryl methyl sites for hydroxylation is 1. The number of carboxylic acids is 1. The molecule has 0 saturated carbocycles. The lowest BCUT2D eigenvalue weighted by atomic mass is 10.1. The van der Waals surface area contributed by atoms with Crippen LogP contribution in [0.25, 0.3) is 0 Å². The lowest BCUT2D eigenvalue weighted by molar-refractivity contribution is -0.137. The van der Waals surface area contributed by atoms with Crippen molar-refractivity contribution in [3.63, 3.8) is 0 Å². The van der Waals surface area contributed by atoms with Crippen molar-refractivity contribution in [3.8, 4) is 0 Å². The molecular formula is C12H16FNO2. The van der Waals surface area contributed by atoms with Crippen LogP contribution in [0.15, 0.2) is 18.2 Å². The van der Waals surface area contributed by atoms with Gasteiger partial charge < -0.3 is 10.4 Å². The van der Waals surface area contributed by atoms with Crippen molar-refractivity contribution in [2.75, 3.05) is 6.54 Å². The molecule has 0 aliphatic carbocycles. The van der Waals surface area contributed by atoms with E-state index in [1.54, 1.807) is 12.1 Å². The van der Waals surface area contributed by atoms with Crippen LogP contribution in [0.1, 0.15) is 24.0 Å². The summed E-state index contributed by atoms with van der Waals surface area (Å²) in [5.41, 5.74) is 1.64. The number of rotatable bonds is 6. The topological polar surface area (TPSA) is 49.3 Å². The molecule has 0 radical (unpaired) electrons. The van der Waals surface area contributed by atoms with Gasteiger partial charge in [-0.3, -0.25) is 4.79 Å². The Morgan fingerprint density at radius 3 is 2.94 bits per heavy atom. The van der Waals surface area contributed by atoms with Gasteiger partial charge in [-0.1, -0.05) is 17.7 Å². The summed E-state index contributed by atoms with van der Waals surface area (Å²) < 4.78 is 13.3. The number of halogens is 1. The second-order valence-electron chi connectivity index (χ2n) is 3.77. The smallest absolute Gasteiger partial charge is 0.303 e. The summed E-state index contributed by atoms with van der Waals surface area (Å²) in [7, 11) is 0. The molecule has 1 aromatic rings. The van der Waals surface area contributed by atoms with Crippen LogP contribution in [-0.4, -0.2) is 17.6 Å².